The van der Waals surface area contributed by atoms with Gasteiger partial charge in [-0.3, -0.25) is 0 Å². The summed E-state index contributed by atoms with van der Waals surface area (Å²) in [6, 6.07) is 12.2. The van der Waals surface area contributed by atoms with Gasteiger partial charge in [-0.2, -0.15) is 9.64 Å². The number of nitriles is 1. The Labute approximate surface area is 104 Å². The molecular weight excluding hydrogens is 232 g/mol. The lowest BCUT2D eigenvalue weighted by atomic mass is 10.1. The Balaban J connectivity index is 1.93. The van der Waals surface area contributed by atoms with Crippen LogP contribution in [0.25, 0.3) is 0 Å². The van der Waals surface area contributed by atoms with E-state index in [1.165, 1.54) is 17.1 Å². The molecule has 0 spiro atoms. The Morgan fingerprint density at radius 1 is 1.35 bits per heavy atom. The van der Waals surface area contributed by atoms with Gasteiger partial charge in [-0.25, -0.2) is 0 Å². The lowest BCUT2D eigenvalue weighted by Gasteiger charge is -2.03. The third kappa shape index (κ3) is 2.74. The zero-order valence-corrected chi connectivity index (χ0v) is 10.00. The Morgan fingerprint density at radius 2 is 2.12 bits per heavy atom. The molecule has 2 aromatic rings. The largest absolute Gasteiger partial charge is 0.382 e. The second-order valence-electron chi connectivity index (χ2n) is 3.55. The lowest BCUT2D eigenvalue weighted by Crippen LogP contribution is -2.04. The number of nitrogens with one attached hydrogen (secondary N) is 1. The fourth-order valence-corrected chi connectivity index (χ4v) is 2.19. The molecular formula is C12H12N4S. The van der Waals surface area contributed by atoms with Crippen LogP contribution in [0.5, 0.6) is 0 Å². The molecule has 5 heteroatoms. The molecule has 0 aliphatic carbocycles. The Hall–Kier alpha value is -2.06. The highest BCUT2D eigenvalue weighted by Crippen LogP contribution is 2.25. The third-order valence-electron chi connectivity index (χ3n) is 2.37. The minimum Gasteiger partial charge on any atom is -0.382 e. The zero-order chi connectivity index (χ0) is 12.1. The van der Waals surface area contributed by atoms with Crippen LogP contribution >= 0.6 is 11.5 Å². The van der Waals surface area contributed by atoms with Crippen molar-refractivity contribution in [3.8, 4) is 6.07 Å². The van der Waals surface area contributed by atoms with Gasteiger partial charge >= 0.3 is 0 Å². The highest BCUT2D eigenvalue weighted by Gasteiger charge is 2.09. The summed E-state index contributed by atoms with van der Waals surface area (Å²) < 4.78 is 3.95. The van der Waals surface area contributed by atoms with Gasteiger partial charge in [0.2, 0.25) is 0 Å². The van der Waals surface area contributed by atoms with E-state index < -0.39 is 0 Å². The van der Waals surface area contributed by atoms with E-state index >= 15 is 0 Å². The van der Waals surface area contributed by atoms with E-state index in [0.717, 1.165) is 18.0 Å². The summed E-state index contributed by atoms with van der Waals surface area (Å²) in [6.45, 7) is 0.764. The molecule has 4 nitrogen and oxygen atoms in total. The number of nitrogen functional groups attached to an aromatic ring is 1. The molecule has 0 saturated carbocycles. The van der Waals surface area contributed by atoms with E-state index in [9.17, 15) is 0 Å². The summed E-state index contributed by atoms with van der Waals surface area (Å²) in [4.78, 5) is 0. The van der Waals surface area contributed by atoms with Crippen molar-refractivity contribution < 1.29 is 0 Å². The molecule has 1 heterocycles. The van der Waals surface area contributed by atoms with Gasteiger partial charge in [0, 0.05) is 6.54 Å². The van der Waals surface area contributed by atoms with E-state index in [1.54, 1.807) is 0 Å². The number of nitrogens with zero attached hydrogens (tertiary/aromatic N) is 2. The molecule has 86 valence electrons. The zero-order valence-electron chi connectivity index (χ0n) is 9.18. The number of rotatable bonds is 4. The van der Waals surface area contributed by atoms with Crippen LogP contribution in [0.4, 0.5) is 10.8 Å². The summed E-state index contributed by atoms with van der Waals surface area (Å²) in [5, 5.41) is 12.8. The average molecular weight is 244 g/mol. The topological polar surface area (TPSA) is 74.7 Å². The molecule has 0 bridgehead atoms. The summed E-state index contributed by atoms with van der Waals surface area (Å²) in [5.74, 6) is 0.305. The number of anilines is 2. The highest BCUT2D eigenvalue weighted by atomic mass is 32.1. The van der Waals surface area contributed by atoms with Crippen LogP contribution < -0.4 is 11.1 Å². The fourth-order valence-electron chi connectivity index (χ4n) is 1.50. The summed E-state index contributed by atoms with van der Waals surface area (Å²) >= 11 is 1.23. The predicted octanol–water partition coefficient (Wildman–Crippen LogP) is 2.25. The molecule has 0 unspecified atom stereocenters. The van der Waals surface area contributed by atoms with E-state index in [4.69, 9.17) is 11.0 Å². The SMILES string of the molecule is N#Cc1c(N)nsc1NCCc1ccccc1. The van der Waals surface area contributed by atoms with Crippen molar-refractivity contribution in [2.45, 2.75) is 6.42 Å². The molecule has 2 rings (SSSR count). The van der Waals surface area contributed by atoms with Crippen LogP contribution in [0.1, 0.15) is 11.1 Å². The van der Waals surface area contributed by atoms with Gasteiger partial charge in [0.05, 0.1) is 0 Å². The first-order valence-corrected chi connectivity index (χ1v) is 6.01. The Morgan fingerprint density at radius 3 is 2.82 bits per heavy atom. The van der Waals surface area contributed by atoms with Crippen molar-refractivity contribution >= 4 is 22.4 Å². The average Bonchev–Trinajstić information content (AvgIpc) is 2.71. The number of hydrogen-bond donors (Lipinski definition) is 2. The first kappa shape index (κ1) is 11.4. The first-order chi connectivity index (χ1) is 8.31. The minimum absolute atomic E-state index is 0.305. The van der Waals surface area contributed by atoms with Crippen LogP contribution in [0, 0.1) is 11.3 Å². The smallest absolute Gasteiger partial charge is 0.157 e. The molecule has 0 aliphatic rings. The number of benzene rings is 1. The summed E-state index contributed by atoms with van der Waals surface area (Å²) in [6.07, 6.45) is 0.906. The molecule has 0 fully saturated rings. The maximum absolute atomic E-state index is 8.90. The van der Waals surface area contributed by atoms with Gasteiger partial charge in [-0.1, -0.05) is 30.3 Å². The summed E-state index contributed by atoms with van der Waals surface area (Å²) in [7, 11) is 0. The van der Waals surface area contributed by atoms with E-state index in [1.807, 2.05) is 18.2 Å². The fraction of sp³-hybridized carbons (Fsp3) is 0.167. The quantitative estimate of drug-likeness (QED) is 0.865. The number of nitrogens with two attached hydrogens (primary N) is 1. The molecule has 1 aromatic heterocycles. The van der Waals surface area contributed by atoms with Crippen molar-refractivity contribution in [2.24, 2.45) is 0 Å². The monoisotopic (exact) mass is 244 g/mol. The van der Waals surface area contributed by atoms with Crippen LogP contribution in [0.2, 0.25) is 0 Å². The second kappa shape index (κ2) is 5.32. The molecule has 17 heavy (non-hydrogen) atoms. The normalized spacial score (nSPS) is 9.82. The van der Waals surface area contributed by atoms with Crippen molar-refractivity contribution in [3.05, 3.63) is 41.5 Å². The maximum Gasteiger partial charge on any atom is 0.157 e. The van der Waals surface area contributed by atoms with Crippen molar-refractivity contribution in [2.75, 3.05) is 17.6 Å². The maximum atomic E-state index is 8.90. The van der Waals surface area contributed by atoms with Crippen LogP contribution in [-0.2, 0) is 6.42 Å². The molecule has 0 aliphatic heterocycles. The van der Waals surface area contributed by atoms with E-state index in [2.05, 4.69) is 27.9 Å². The van der Waals surface area contributed by atoms with E-state index in [0.29, 0.717) is 11.4 Å². The highest BCUT2D eigenvalue weighted by molar-refractivity contribution is 7.10. The number of hydrogen-bond acceptors (Lipinski definition) is 5. The van der Waals surface area contributed by atoms with Crippen molar-refractivity contribution in [3.63, 3.8) is 0 Å². The van der Waals surface area contributed by atoms with Gasteiger partial charge < -0.3 is 11.1 Å². The van der Waals surface area contributed by atoms with Gasteiger partial charge in [0.15, 0.2) is 5.82 Å². The molecule has 3 N–H and O–H groups in total. The van der Waals surface area contributed by atoms with Crippen LogP contribution in [0.3, 0.4) is 0 Å². The molecule has 0 saturated heterocycles. The molecule has 1 aromatic carbocycles. The third-order valence-corrected chi connectivity index (χ3v) is 3.19. The minimum atomic E-state index is 0.305. The molecule has 0 amide bonds. The molecule has 0 atom stereocenters. The van der Waals surface area contributed by atoms with Crippen molar-refractivity contribution in [1.29, 1.82) is 5.26 Å². The number of aromatic nitrogens is 1. The molecule has 0 radical (unpaired) electrons. The van der Waals surface area contributed by atoms with Gasteiger partial charge in [0.25, 0.3) is 0 Å². The van der Waals surface area contributed by atoms with Gasteiger partial charge in [-0.05, 0) is 23.5 Å². The van der Waals surface area contributed by atoms with Gasteiger partial charge in [-0.15, -0.1) is 0 Å². The lowest BCUT2D eigenvalue weighted by molar-refractivity contribution is 1.02. The van der Waals surface area contributed by atoms with Crippen LogP contribution in [0.15, 0.2) is 30.3 Å². The Kier molecular flexibility index (Phi) is 3.58. The van der Waals surface area contributed by atoms with Crippen LogP contribution in [-0.4, -0.2) is 10.9 Å². The second-order valence-corrected chi connectivity index (χ2v) is 4.32. The van der Waals surface area contributed by atoms with Crippen molar-refractivity contribution in [1.82, 2.24) is 4.37 Å². The van der Waals surface area contributed by atoms with E-state index in [-0.39, 0.29) is 0 Å². The predicted molar refractivity (Wildman–Crippen MR) is 69.9 cm³/mol. The Bertz CT molecular complexity index is 527. The standard InChI is InChI=1S/C12H12N4S/c13-8-10-11(14)16-17-12(10)15-7-6-9-4-2-1-3-5-9/h1-5,15H,6-7H2,(H2,14,16). The first-order valence-electron chi connectivity index (χ1n) is 5.24. The summed E-state index contributed by atoms with van der Waals surface area (Å²) in [5.41, 5.74) is 7.28. The van der Waals surface area contributed by atoms with Gasteiger partial charge in [0.1, 0.15) is 16.6 Å².